The topological polar surface area (TPSA) is 80.3 Å². The van der Waals surface area contributed by atoms with Crippen molar-refractivity contribution in [3.05, 3.63) is 60.4 Å². The summed E-state index contributed by atoms with van der Waals surface area (Å²) in [6.45, 7) is 6.59. The van der Waals surface area contributed by atoms with Crippen LogP contribution in [0.3, 0.4) is 0 Å². The van der Waals surface area contributed by atoms with E-state index in [2.05, 4.69) is 4.72 Å². The van der Waals surface area contributed by atoms with E-state index in [-0.39, 0.29) is 16.2 Å². The van der Waals surface area contributed by atoms with Gasteiger partial charge < -0.3 is 0 Å². The van der Waals surface area contributed by atoms with Crippen molar-refractivity contribution in [3.63, 3.8) is 0 Å². The van der Waals surface area contributed by atoms with E-state index in [4.69, 9.17) is 0 Å². The molecule has 7 heteroatoms. The molecule has 1 aromatic carbocycles. The molecule has 0 unspecified atom stereocenters. The van der Waals surface area contributed by atoms with Crippen molar-refractivity contribution in [3.8, 4) is 0 Å². The van der Waals surface area contributed by atoms with Gasteiger partial charge in [0.1, 0.15) is 5.25 Å². The van der Waals surface area contributed by atoms with Gasteiger partial charge in [-0.1, -0.05) is 17.7 Å². The van der Waals surface area contributed by atoms with Gasteiger partial charge in [-0.3, -0.25) is 0 Å². The highest BCUT2D eigenvalue weighted by Gasteiger charge is 2.46. The van der Waals surface area contributed by atoms with E-state index >= 15 is 0 Å². The molecule has 5 nitrogen and oxygen atoms in total. The van der Waals surface area contributed by atoms with Gasteiger partial charge in [-0.2, -0.15) is 0 Å². The molecular weight excluding hydrogens is 334 g/mol. The van der Waals surface area contributed by atoms with E-state index < -0.39 is 24.6 Å². The lowest BCUT2D eigenvalue weighted by Crippen LogP contribution is -2.39. The first-order chi connectivity index (χ1) is 10.4. The van der Waals surface area contributed by atoms with Crippen LogP contribution < -0.4 is 4.72 Å². The second kappa shape index (κ2) is 6.18. The summed E-state index contributed by atoms with van der Waals surface area (Å²) in [4.78, 5) is 0.0865. The molecule has 0 aromatic heterocycles. The van der Waals surface area contributed by atoms with Crippen LogP contribution in [0, 0.1) is 37.5 Å². The third kappa shape index (κ3) is 3.78. The molecule has 0 bridgehead atoms. The van der Waals surface area contributed by atoms with E-state index in [1.54, 1.807) is 32.9 Å². The summed E-state index contributed by atoms with van der Waals surface area (Å²) in [5.41, 5.74) is 0.938. The number of hydrogen-bond donors (Lipinski definition) is 1. The maximum atomic E-state index is 12.6. The third-order valence-corrected chi connectivity index (χ3v) is 7.38. The molecule has 1 aromatic rings. The summed E-state index contributed by atoms with van der Waals surface area (Å²) in [7, 11) is -7.49. The molecule has 0 spiro atoms. The average Bonchev–Trinajstić information content (AvgIpc) is 2.85. The monoisotopic (exact) mass is 354 g/mol. The average molecular weight is 354 g/mol. The largest absolute Gasteiger partial charge is 0.241 e. The van der Waals surface area contributed by atoms with Crippen LogP contribution >= 0.6 is 0 Å². The molecule has 2 rings (SSSR count). The van der Waals surface area contributed by atoms with Crippen LogP contribution in [-0.2, 0) is 19.9 Å². The lowest BCUT2D eigenvalue weighted by atomic mass is 10.2. The number of sulfonamides is 1. The zero-order valence-corrected chi connectivity index (χ0v) is 15.1. The molecule has 1 fully saturated rings. The lowest BCUT2D eigenvalue weighted by Gasteiger charge is -2.27. The first kappa shape index (κ1) is 18.4. The summed E-state index contributed by atoms with van der Waals surface area (Å²) < 4.78 is 51.4. The van der Waals surface area contributed by atoms with Crippen molar-refractivity contribution >= 4 is 19.9 Å². The summed E-state index contributed by atoms with van der Waals surface area (Å²) in [6.07, 6.45) is 4.38. The minimum Gasteiger partial charge on any atom is -0.228 e. The first-order valence-electron chi connectivity index (χ1n) is 7.05. The molecule has 0 amide bonds. The summed E-state index contributed by atoms with van der Waals surface area (Å²) >= 11 is 0. The zero-order chi connectivity index (χ0) is 17.5. The fourth-order valence-electron chi connectivity index (χ4n) is 1.97. The van der Waals surface area contributed by atoms with Gasteiger partial charge in [-0.25, -0.2) is 21.6 Å². The van der Waals surface area contributed by atoms with Gasteiger partial charge in [0.15, 0.2) is 9.84 Å². The van der Waals surface area contributed by atoms with Crippen molar-refractivity contribution in [1.29, 1.82) is 0 Å². The van der Waals surface area contributed by atoms with E-state index in [1.165, 1.54) is 31.4 Å². The second-order valence-corrected chi connectivity index (χ2v) is 10.7. The number of benzene rings is 1. The number of aryl methyl sites for hydroxylation is 1. The second-order valence-electron chi connectivity index (χ2n) is 6.34. The van der Waals surface area contributed by atoms with Gasteiger partial charge in [-0.05, 0) is 59.1 Å². The Hall–Kier alpha value is -0.920. The van der Waals surface area contributed by atoms with Crippen LogP contribution in [-0.4, -0.2) is 21.6 Å². The van der Waals surface area contributed by atoms with E-state index in [9.17, 15) is 16.8 Å². The van der Waals surface area contributed by atoms with Gasteiger partial charge in [0.2, 0.25) is 10.0 Å². The van der Waals surface area contributed by atoms with Gasteiger partial charge in [-0.15, -0.1) is 0 Å². The summed E-state index contributed by atoms with van der Waals surface area (Å²) in [6, 6.07) is 6.41. The Labute approximate surface area is 139 Å². The highest BCUT2D eigenvalue weighted by atomic mass is 32.2. The van der Waals surface area contributed by atoms with E-state index in [0.717, 1.165) is 5.56 Å². The van der Waals surface area contributed by atoms with Crippen molar-refractivity contribution in [2.45, 2.75) is 37.3 Å². The fourth-order valence-corrected chi connectivity index (χ4v) is 4.44. The predicted octanol–water partition coefficient (Wildman–Crippen LogP) is 2.18. The molecular formula is C16H20NO4S2. The molecule has 125 valence electrons. The van der Waals surface area contributed by atoms with Crippen molar-refractivity contribution in [2.75, 3.05) is 0 Å². The van der Waals surface area contributed by atoms with Crippen molar-refractivity contribution in [2.24, 2.45) is 0 Å². The Kier molecular flexibility index (Phi) is 4.95. The SMILES string of the molecule is Cc1ccc(S(=O)(=O)N[C]2[CH][CH][CH][C]2S(=O)(=O)C(C)(C)C)cc1. The van der Waals surface area contributed by atoms with Crippen LogP contribution in [0.25, 0.3) is 0 Å². The number of nitrogens with one attached hydrogen (secondary N) is 1. The fraction of sp³-hybridized carbons (Fsp3) is 0.312. The predicted molar refractivity (Wildman–Crippen MR) is 89.6 cm³/mol. The Balaban J connectivity index is 2.27. The zero-order valence-electron chi connectivity index (χ0n) is 13.5. The highest BCUT2D eigenvalue weighted by Crippen LogP contribution is 2.41. The molecule has 0 atom stereocenters. The maximum Gasteiger partial charge on any atom is 0.241 e. The quantitative estimate of drug-likeness (QED) is 0.899. The van der Waals surface area contributed by atoms with Crippen LogP contribution in [0.4, 0.5) is 0 Å². The standard InChI is InChI=1S/C16H20NO4S2/c1-12-8-10-13(11-9-12)23(20,21)17-14-6-5-7-15(14)22(18,19)16(2,3)4/h5-11,17H,1-4H3. The minimum absolute atomic E-state index is 0.0133. The van der Waals surface area contributed by atoms with Crippen LogP contribution in [0.5, 0.6) is 0 Å². The van der Waals surface area contributed by atoms with Crippen LogP contribution in [0.2, 0.25) is 0 Å². The molecule has 5 radical (unpaired) electrons. The Morgan fingerprint density at radius 2 is 1.48 bits per heavy atom. The molecule has 1 N–H and O–H groups in total. The maximum absolute atomic E-state index is 12.6. The smallest absolute Gasteiger partial charge is 0.228 e. The molecule has 1 aliphatic carbocycles. The summed E-state index contributed by atoms with van der Waals surface area (Å²) in [5, 5.41) is -0.0133. The molecule has 1 aliphatic rings. The number of sulfone groups is 1. The highest BCUT2D eigenvalue weighted by molar-refractivity contribution is 7.96. The van der Waals surface area contributed by atoms with Gasteiger partial charge >= 0.3 is 0 Å². The van der Waals surface area contributed by atoms with Gasteiger partial charge in [0.25, 0.3) is 0 Å². The van der Waals surface area contributed by atoms with Gasteiger partial charge in [0.05, 0.1) is 15.7 Å². The molecule has 0 aliphatic heterocycles. The Bertz CT molecular complexity index is 759. The minimum atomic E-state index is -3.84. The van der Waals surface area contributed by atoms with Crippen LogP contribution in [0.15, 0.2) is 29.2 Å². The van der Waals surface area contributed by atoms with E-state index in [1.807, 2.05) is 6.92 Å². The Morgan fingerprint density at radius 3 is 2.00 bits per heavy atom. The van der Waals surface area contributed by atoms with Gasteiger partial charge in [0, 0.05) is 0 Å². The first-order valence-corrected chi connectivity index (χ1v) is 10.0. The number of hydrogen-bond acceptors (Lipinski definition) is 4. The van der Waals surface area contributed by atoms with E-state index in [0.29, 0.717) is 0 Å². The summed E-state index contributed by atoms with van der Waals surface area (Å²) in [5.74, 6) is 0. The number of rotatable bonds is 4. The van der Waals surface area contributed by atoms with Crippen molar-refractivity contribution in [1.82, 2.24) is 4.72 Å². The lowest BCUT2D eigenvalue weighted by molar-refractivity contribution is 0.560. The molecule has 0 heterocycles. The van der Waals surface area contributed by atoms with Crippen molar-refractivity contribution < 1.29 is 16.8 Å². The molecule has 0 saturated heterocycles. The van der Waals surface area contributed by atoms with Crippen LogP contribution in [0.1, 0.15) is 26.3 Å². The molecule has 1 saturated carbocycles. The Morgan fingerprint density at radius 1 is 0.913 bits per heavy atom. The molecule has 23 heavy (non-hydrogen) atoms. The normalized spacial score (nSPS) is 18.4. The third-order valence-electron chi connectivity index (χ3n) is 3.45.